The van der Waals surface area contributed by atoms with E-state index < -0.39 is 0 Å². The van der Waals surface area contributed by atoms with E-state index in [9.17, 15) is 4.79 Å². The molecule has 1 aromatic carbocycles. The Morgan fingerprint density at radius 2 is 2.04 bits per heavy atom. The molecule has 0 aliphatic carbocycles. The molecule has 0 aliphatic rings. The lowest BCUT2D eigenvalue weighted by molar-refractivity contribution is 0.0934. The van der Waals surface area contributed by atoms with E-state index in [4.69, 9.17) is 0 Å². The summed E-state index contributed by atoms with van der Waals surface area (Å²) in [7, 11) is 0. The summed E-state index contributed by atoms with van der Waals surface area (Å²) in [4.78, 5) is 20.7. The summed E-state index contributed by atoms with van der Waals surface area (Å²) in [6, 6.07) is 7.91. The van der Waals surface area contributed by atoms with E-state index >= 15 is 0 Å². The molecule has 1 unspecified atom stereocenters. The van der Waals surface area contributed by atoms with Crippen LogP contribution < -0.4 is 10.6 Å². The maximum Gasteiger partial charge on any atom is 0.270 e. The van der Waals surface area contributed by atoms with Crippen molar-refractivity contribution in [1.29, 1.82) is 0 Å². The van der Waals surface area contributed by atoms with Gasteiger partial charge >= 0.3 is 0 Å². The fraction of sp³-hybridized carbons (Fsp3) is 0.389. The zero-order valence-corrected chi connectivity index (χ0v) is 14.2. The quantitative estimate of drug-likeness (QED) is 0.855. The molecule has 0 spiro atoms. The molecule has 2 rings (SSSR count). The third-order valence-electron chi connectivity index (χ3n) is 3.85. The summed E-state index contributed by atoms with van der Waals surface area (Å²) in [5.41, 5.74) is 3.70. The first kappa shape index (κ1) is 16.9. The second kappa shape index (κ2) is 7.72. The van der Waals surface area contributed by atoms with E-state index in [1.54, 1.807) is 12.3 Å². The van der Waals surface area contributed by atoms with Crippen molar-refractivity contribution in [3.63, 3.8) is 0 Å². The smallest absolute Gasteiger partial charge is 0.270 e. The highest BCUT2D eigenvalue weighted by Gasteiger charge is 2.12. The molecule has 0 bridgehead atoms. The minimum Gasteiger partial charge on any atom is -0.348 e. The standard InChI is InChI=1S/C18H24N4O/c1-5-13(4)20-17(23)15-10-11-19-18(21-15)22-16-12(3)8-7-9-14(16)6-2/h7-11,13H,5-6H2,1-4H3,(H,20,23)(H,19,21,22). The first-order valence-electron chi connectivity index (χ1n) is 8.04. The molecule has 5 nitrogen and oxygen atoms in total. The van der Waals surface area contributed by atoms with Gasteiger partial charge in [-0.25, -0.2) is 9.97 Å². The predicted octanol–water partition coefficient (Wildman–Crippen LogP) is 3.62. The van der Waals surface area contributed by atoms with Crippen LogP contribution in [0.25, 0.3) is 0 Å². The number of aryl methyl sites for hydroxylation is 2. The number of carbonyl (C=O) groups excluding carboxylic acids is 1. The van der Waals surface area contributed by atoms with Gasteiger partial charge in [0.2, 0.25) is 5.95 Å². The van der Waals surface area contributed by atoms with Crippen LogP contribution in [-0.4, -0.2) is 21.9 Å². The summed E-state index contributed by atoms with van der Waals surface area (Å²) >= 11 is 0. The van der Waals surface area contributed by atoms with Gasteiger partial charge in [-0.2, -0.15) is 0 Å². The van der Waals surface area contributed by atoms with E-state index in [1.807, 2.05) is 32.9 Å². The molecule has 2 aromatic rings. The summed E-state index contributed by atoms with van der Waals surface area (Å²) in [5.74, 6) is 0.260. The predicted molar refractivity (Wildman–Crippen MR) is 93.1 cm³/mol. The fourth-order valence-electron chi connectivity index (χ4n) is 2.26. The lowest BCUT2D eigenvalue weighted by atomic mass is 10.1. The van der Waals surface area contributed by atoms with Crippen molar-refractivity contribution >= 4 is 17.5 Å². The van der Waals surface area contributed by atoms with E-state index in [2.05, 4.69) is 33.6 Å². The summed E-state index contributed by atoms with van der Waals surface area (Å²) in [6.07, 6.45) is 3.40. The number of hydrogen-bond acceptors (Lipinski definition) is 4. The van der Waals surface area contributed by atoms with Crippen molar-refractivity contribution in [2.75, 3.05) is 5.32 Å². The number of carbonyl (C=O) groups is 1. The van der Waals surface area contributed by atoms with Gasteiger partial charge in [0.25, 0.3) is 5.91 Å². The van der Waals surface area contributed by atoms with Gasteiger partial charge in [0.05, 0.1) is 0 Å². The van der Waals surface area contributed by atoms with Crippen molar-refractivity contribution in [3.05, 3.63) is 47.3 Å². The minimum atomic E-state index is -0.176. The maximum atomic E-state index is 12.2. The van der Waals surface area contributed by atoms with Gasteiger partial charge in [0.1, 0.15) is 5.69 Å². The summed E-state index contributed by atoms with van der Waals surface area (Å²) < 4.78 is 0. The number of benzene rings is 1. The zero-order chi connectivity index (χ0) is 16.8. The topological polar surface area (TPSA) is 66.9 Å². The van der Waals surface area contributed by atoms with Crippen LogP contribution in [0.5, 0.6) is 0 Å². The van der Waals surface area contributed by atoms with Crippen LogP contribution in [0.1, 0.15) is 48.8 Å². The van der Waals surface area contributed by atoms with Crippen LogP contribution in [0.3, 0.4) is 0 Å². The Hall–Kier alpha value is -2.43. The van der Waals surface area contributed by atoms with Crippen LogP contribution in [0.4, 0.5) is 11.6 Å². The molecule has 0 aliphatic heterocycles. The molecular formula is C18H24N4O. The lowest BCUT2D eigenvalue weighted by Gasteiger charge is -2.14. The van der Waals surface area contributed by atoms with Gasteiger partial charge in [-0.05, 0) is 43.9 Å². The Bertz CT molecular complexity index is 684. The van der Waals surface area contributed by atoms with E-state index in [0.29, 0.717) is 11.6 Å². The maximum absolute atomic E-state index is 12.2. The van der Waals surface area contributed by atoms with Crippen LogP contribution in [0, 0.1) is 6.92 Å². The zero-order valence-electron chi connectivity index (χ0n) is 14.2. The third-order valence-corrected chi connectivity index (χ3v) is 3.85. The van der Waals surface area contributed by atoms with Gasteiger partial charge in [0, 0.05) is 17.9 Å². The molecule has 1 aromatic heterocycles. The van der Waals surface area contributed by atoms with Crippen molar-refractivity contribution in [1.82, 2.24) is 15.3 Å². The number of nitrogens with zero attached hydrogens (tertiary/aromatic N) is 2. The number of para-hydroxylation sites is 1. The Kier molecular flexibility index (Phi) is 5.68. The molecular weight excluding hydrogens is 288 g/mol. The molecule has 0 fully saturated rings. The van der Waals surface area contributed by atoms with Gasteiger partial charge in [-0.1, -0.05) is 32.0 Å². The molecule has 122 valence electrons. The Morgan fingerprint density at radius 3 is 2.74 bits per heavy atom. The van der Waals surface area contributed by atoms with Crippen LogP contribution >= 0.6 is 0 Å². The van der Waals surface area contributed by atoms with E-state index in [0.717, 1.165) is 24.1 Å². The van der Waals surface area contributed by atoms with Gasteiger partial charge in [-0.15, -0.1) is 0 Å². The van der Waals surface area contributed by atoms with Crippen LogP contribution in [-0.2, 0) is 6.42 Å². The van der Waals surface area contributed by atoms with Crippen molar-refractivity contribution in [2.45, 2.75) is 46.6 Å². The second-order valence-corrected chi connectivity index (χ2v) is 5.64. The Balaban J connectivity index is 2.23. The molecule has 5 heteroatoms. The molecule has 1 atom stereocenters. The first-order chi connectivity index (χ1) is 11.0. The summed E-state index contributed by atoms with van der Waals surface area (Å²) in [6.45, 7) is 8.15. The van der Waals surface area contributed by atoms with Crippen molar-refractivity contribution < 1.29 is 4.79 Å². The SMILES string of the molecule is CCc1cccc(C)c1Nc1nccc(C(=O)NC(C)CC)n1. The van der Waals surface area contributed by atoms with Gasteiger partial charge in [0.15, 0.2) is 0 Å². The molecule has 0 radical (unpaired) electrons. The number of rotatable bonds is 6. The highest BCUT2D eigenvalue weighted by Crippen LogP contribution is 2.23. The first-order valence-corrected chi connectivity index (χ1v) is 8.04. The van der Waals surface area contributed by atoms with E-state index in [-0.39, 0.29) is 11.9 Å². The van der Waals surface area contributed by atoms with Crippen LogP contribution in [0.2, 0.25) is 0 Å². The Morgan fingerprint density at radius 1 is 1.26 bits per heavy atom. The number of aromatic nitrogens is 2. The molecule has 23 heavy (non-hydrogen) atoms. The average molecular weight is 312 g/mol. The Labute approximate surface area is 137 Å². The molecule has 1 heterocycles. The molecule has 1 amide bonds. The van der Waals surface area contributed by atoms with Crippen molar-refractivity contribution in [3.8, 4) is 0 Å². The second-order valence-electron chi connectivity index (χ2n) is 5.64. The molecule has 2 N–H and O–H groups in total. The molecule has 0 saturated carbocycles. The normalized spacial score (nSPS) is 11.8. The van der Waals surface area contributed by atoms with Crippen molar-refractivity contribution in [2.24, 2.45) is 0 Å². The number of amides is 1. The minimum absolute atomic E-state index is 0.122. The highest BCUT2D eigenvalue weighted by molar-refractivity contribution is 5.92. The van der Waals surface area contributed by atoms with Crippen LogP contribution in [0.15, 0.2) is 30.5 Å². The largest absolute Gasteiger partial charge is 0.348 e. The lowest BCUT2D eigenvalue weighted by Crippen LogP contribution is -2.32. The van der Waals surface area contributed by atoms with Gasteiger partial charge in [-0.3, -0.25) is 4.79 Å². The number of hydrogen-bond donors (Lipinski definition) is 2. The number of nitrogens with one attached hydrogen (secondary N) is 2. The average Bonchev–Trinajstić information content (AvgIpc) is 2.56. The van der Waals surface area contributed by atoms with Gasteiger partial charge < -0.3 is 10.6 Å². The third kappa shape index (κ3) is 4.28. The number of anilines is 2. The monoisotopic (exact) mass is 312 g/mol. The highest BCUT2D eigenvalue weighted by atomic mass is 16.1. The molecule has 0 saturated heterocycles. The fourth-order valence-corrected chi connectivity index (χ4v) is 2.26. The summed E-state index contributed by atoms with van der Waals surface area (Å²) in [5, 5.41) is 6.17. The van der Waals surface area contributed by atoms with E-state index in [1.165, 1.54) is 5.56 Å².